The fraction of sp³-hybridized carbons (Fsp3) is 0.333. The maximum Gasteiger partial charge on any atom is 0.239 e. The number of nitrogens with zero attached hydrogens (tertiary/aromatic N) is 3. The van der Waals surface area contributed by atoms with Crippen molar-refractivity contribution in [1.29, 1.82) is 0 Å². The molecule has 0 aliphatic carbocycles. The molecule has 26 heavy (non-hydrogen) atoms. The van der Waals surface area contributed by atoms with Gasteiger partial charge in [0.15, 0.2) is 0 Å². The van der Waals surface area contributed by atoms with Crippen LogP contribution in [0.15, 0.2) is 48.5 Å². The molecule has 1 aromatic heterocycles. The molecule has 1 atom stereocenters. The molecule has 1 aliphatic rings. The van der Waals surface area contributed by atoms with Crippen LogP contribution in [-0.4, -0.2) is 45.3 Å². The average molecular weight is 348 g/mol. The van der Waals surface area contributed by atoms with E-state index in [1.807, 2.05) is 38.2 Å². The normalized spacial score (nSPS) is 15.6. The zero-order valence-electron chi connectivity index (χ0n) is 15.3. The van der Waals surface area contributed by atoms with Crippen LogP contribution in [0.25, 0.3) is 11.0 Å². The molecule has 134 valence electrons. The molecular weight excluding hydrogens is 324 g/mol. The highest BCUT2D eigenvalue weighted by Crippen LogP contribution is 2.21. The molecule has 2 heterocycles. The summed E-state index contributed by atoms with van der Waals surface area (Å²) >= 11 is 0. The smallest absolute Gasteiger partial charge is 0.239 e. The molecule has 0 fully saturated rings. The van der Waals surface area contributed by atoms with Crippen LogP contribution in [0.5, 0.6) is 0 Å². The van der Waals surface area contributed by atoms with E-state index in [-0.39, 0.29) is 11.9 Å². The first kappa shape index (κ1) is 16.8. The number of hydrogen-bond donors (Lipinski definition) is 1. The Balaban J connectivity index is 1.43. The number of carbonyl (C=O) groups excluding carboxylic acids is 1. The van der Waals surface area contributed by atoms with Gasteiger partial charge in [-0.1, -0.05) is 36.4 Å². The van der Waals surface area contributed by atoms with E-state index in [2.05, 4.69) is 39.1 Å². The minimum absolute atomic E-state index is 0.129. The number of para-hydroxylation sites is 2. The lowest BCUT2D eigenvalue weighted by atomic mass is 9.98. The molecule has 0 saturated heterocycles. The molecular formula is C21H24N4O. The summed E-state index contributed by atoms with van der Waals surface area (Å²) in [7, 11) is 1.85. The van der Waals surface area contributed by atoms with Gasteiger partial charge in [0.25, 0.3) is 0 Å². The summed E-state index contributed by atoms with van der Waals surface area (Å²) in [6.07, 6.45) is 1.00. The second-order valence-electron chi connectivity index (χ2n) is 7.06. The molecule has 0 radical (unpaired) electrons. The van der Waals surface area contributed by atoms with Gasteiger partial charge in [-0.3, -0.25) is 9.69 Å². The monoisotopic (exact) mass is 348 g/mol. The molecule has 5 heteroatoms. The fourth-order valence-electron chi connectivity index (χ4n) is 3.71. The second kappa shape index (κ2) is 6.92. The van der Waals surface area contributed by atoms with E-state index in [9.17, 15) is 4.79 Å². The molecule has 2 aromatic carbocycles. The number of aromatic amines is 1. The van der Waals surface area contributed by atoms with Gasteiger partial charge in [-0.25, -0.2) is 4.98 Å². The molecule has 3 aromatic rings. The quantitative estimate of drug-likeness (QED) is 0.789. The highest BCUT2D eigenvalue weighted by Gasteiger charge is 2.27. The molecule has 5 nitrogen and oxygen atoms in total. The Labute approximate surface area is 153 Å². The van der Waals surface area contributed by atoms with Gasteiger partial charge in [0.2, 0.25) is 5.91 Å². The Hall–Kier alpha value is -2.66. The number of likely N-dealkylation sites (N-methyl/N-ethyl adjacent to an activating group) is 1. The van der Waals surface area contributed by atoms with E-state index in [0.29, 0.717) is 6.54 Å². The summed E-state index contributed by atoms with van der Waals surface area (Å²) < 4.78 is 0. The maximum absolute atomic E-state index is 12.9. The zero-order valence-corrected chi connectivity index (χ0v) is 15.3. The number of H-pyrrole nitrogens is 1. The van der Waals surface area contributed by atoms with Gasteiger partial charge in [-0.2, -0.15) is 0 Å². The Bertz CT molecular complexity index is 899. The first-order chi connectivity index (χ1) is 12.6. The van der Waals surface area contributed by atoms with Crippen LogP contribution in [-0.2, 0) is 24.3 Å². The third-order valence-corrected chi connectivity index (χ3v) is 5.27. The molecule has 1 amide bonds. The van der Waals surface area contributed by atoms with E-state index in [4.69, 9.17) is 0 Å². The zero-order chi connectivity index (χ0) is 18.1. The lowest BCUT2D eigenvalue weighted by molar-refractivity contribution is -0.136. The second-order valence-corrected chi connectivity index (χ2v) is 7.06. The predicted octanol–water partition coefficient (Wildman–Crippen LogP) is 2.97. The lowest BCUT2D eigenvalue weighted by Gasteiger charge is -2.34. The summed E-state index contributed by atoms with van der Waals surface area (Å²) in [6.45, 7) is 4.25. The molecule has 0 bridgehead atoms. The topological polar surface area (TPSA) is 52.2 Å². The van der Waals surface area contributed by atoms with Crippen LogP contribution < -0.4 is 0 Å². The Morgan fingerprint density at radius 2 is 1.92 bits per heavy atom. The van der Waals surface area contributed by atoms with Crippen molar-refractivity contribution in [2.45, 2.75) is 32.5 Å². The van der Waals surface area contributed by atoms with Crippen molar-refractivity contribution >= 4 is 16.9 Å². The maximum atomic E-state index is 12.9. The minimum atomic E-state index is -0.141. The molecule has 0 saturated carbocycles. The van der Waals surface area contributed by atoms with E-state index >= 15 is 0 Å². The third kappa shape index (κ3) is 3.22. The van der Waals surface area contributed by atoms with Crippen molar-refractivity contribution < 1.29 is 4.79 Å². The van der Waals surface area contributed by atoms with Crippen molar-refractivity contribution in [3.8, 4) is 0 Å². The van der Waals surface area contributed by atoms with Gasteiger partial charge >= 0.3 is 0 Å². The number of aromatic nitrogens is 2. The SMILES string of the molecule is CC(C(=O)N(C)Cc1nc2ccccc2[nH]1)N1CCc2ccccc2C1. The van der Waals surface area contributed by atoms with E-state index in [1.54, 1.807) is 4.90 Å². The summed E-state index contributed by atoms with van der Waals surface area (Å²) in [4.78, 5) is 24.8. The first-order valence-electron chi connectivity index (χ1n) is 9.11. The summed E-state index contributed by atoms with van der Waals surface area (Å²) in [5.74, 6) is 0.947. The fourth-order valence-corrected chi connectivity index (χ4v) is 3.71. The Kier molecular flexibility index (Phi) is 4.47. The van der Waals surface area contributed by atoms with Crippen LogP contribution in [0.3, 0.4) is 0 Å². The number of nitrogens with one attached hydrogen (secondary N) is 1. The highest BCUT2D eigenvalue weighted by atomic mass is 16.2. The van der Waals surface area contributed by atoms with E-state index in [0.717, 1.165) is 36.4 Å². The number of fused-ring (bicyclic) bond motifs is 2. The number of hydrogen-bond acceptors (Lipinski definition) is 3. The standard InChI is InChI=1S/C21H24N4O/c1-15(25-12-11-16-7-3-4-8-17(16)13-25)21(26)24(2)14-20-22-18-9-5-6-10-19(18)23-20/h3-10,15H,11-14H2,1-2H3,(H,22,23). The van der Waals surface area contributed by atoms with Crippen molar-refractivity contribution in [1.82, 2.24) is 19.8 Å². The third-order valence-electron chi connectivity index (χ3n) is 5.27. The van der Waals surface area contributed by atoms with Gasteiger partial charge in [-0.15, -0.1) is 0 Å². The minimum Gasteiger partial charge on any atom is -0.340 e. The number of imidazole rings is 1. The van der Waals surface area contributed by atoms with Crippen LogP contribution in [0.2, 0.25) is 0 Å². The Morgan fingerprint density at radius 3 is 2.73 bits per heavy atom. The van der Waals surface area contributed by atoms with Crippen molar-refractivity contribution in [3.63, 3.8) is 0 Å². The van der Waals surface area contributed by atoms with Crippen LogP contribution in [0.4, 0.5) is 0 Å². The number of carbonyl (C=O) groups is 1. The molecule has 4 rings (SSSR count). The van der Waals surface area contributed by atoms with Gasteiger partial charge in [0.05, 0.1) is 23.6 Å². The summed E-state index contributed by atoms with van der Waals surface area (Å²) in [5.41, 5.74) is 4.67. The molecule has 1 N–H and O–H groups in total. The van der Waals surface area contributed by atoms with Crippen LogP contribution >= 0.6 is 0 Å². The van der Waals surface area contributed by atoms with E-state index in [1.165, 1.54) is 11.1 Å². The van der Waals surface area contributed by atoms with Crippen molar-refractivity contribution in [2.24, 2.45) is 0 Å². The van der Waals surface area contributed by atoms with Gasteiger partial charge < -0.3 is 9.88 Å². The number of rotatable bonds is 4. The van der Waals surface area contributed by atoms with Crippen molar-refractivity contribution in [3.05, 3.63) is 65.5 Å². The van der Waals surface area contributed by atoms with E-state index < -0.39 is 0 Å². The lowest BCUT2D eigenvalue weighted by Crippen LogP contribution is -2.47. The van der Waals surface area contributed by atoms with Gasteiger partial charge in [0.1, 0.15) is 5.82 Å². The summed E-state index contributed by atoms with van der Waals surface area (Å²) in [6, 6.07) is 16.3. The predicted molar refractivity (Wildman–Crippen MR) is 103 cm³/mol. The average Bonchev–Trinajstić information content (AvgIpc) is 3.08. The largest absolute Gasteiger partial charge is 0.340 e. The molecule has 0 spiro atoms. The van der Waals surface area contributed by atoms with Crippen LogP contribution in [0, 0.1) is 0 Å². The Morgan fingerprint density at radius 1 is 1.19 bits per heavy atom. The number of amides is 1. The molecule has 1 unspecified atom stereocenters. The number of benzene rings is 2. The van der Waals surface area contributed by atoms with Gasteiger partial charge in [0, 0.05) is 20.1 Å². The van der Waals surface area contributed by atoms with Gasteiger partial charge in [-0.05, 0) is 36.6 Å². The molecule has 1 aliphatic heterocycles. The van der Waals surface area contributed by atoms with Crippen LogP contribution in [0.1, 0.15) is 23.9 Å². The highest BCUT2D eigenvalue weighted by molar-refractivity contribution is 5.81. The summed E-state index contributed by atoms with van der Waals surface area (Å²) in [5, 5.41) is 0. The first-order valence-corrected chi connectivity index (χ1v) is 9.11. The van der Waals surface area contributed by atoms with Crippen molar-refractivity contribution in [2.75, 3.05) is 13.6 Å².